The Morgan fingerprint density at radius 1 is 1.14 bits per heavy atom. The van der Waals surface area contributed by atoms with Gasteiger partial charge in [0, 0.05) is 26.2 Å². The summed E-state index contributed by atoms with van der Waals surface area (Å²) >= 11 is 0. The first-order chi connectivity index (χ1) is 10.5. The van der Waals surface area contributed by atoms with Crippen LogP contribution in [0.5, 0.6) is 0 Å². The van der Waals surface area contributed by atoms with Crippen molar-refractivity contribution >= 4 is 12.1 Å². The maximum atomic E-state index is 12.4. The lowest BCUT2D eigenvalue weighted by Gasteiger charge is -2.41. The number of nitrogens with zero attached hydrogens (tertiary/aromatic N) is 2. The van der Waals surface area contributed by atoms with E-state index in [2.05, 4.69) is 4.90 Å². The summed E-state index contributed by atoms with van der Waals surface area (Å²) in [7, 11) is 0. The van der Waals surface area contributed by atoms with Gasteiger partial charge in [-0.15, -0.1) is 0 Å². The quantitative estimate of drug-likeness (QED) is 0.745. The lowest BCUT2D eigenvalue weighted by Crippen LogP contribution is -2.53. The summed E-state index contributed by atoms with van der Waals surface area (Å²) in [5.74, 6) is -0.0995. The molecule has 0 aromatic carbocycles. The molecule has 1 unspecified atom stereocenters. The number of esters is 1. The van der Waals surface area contributed by atoms with Gasteiger partial charge in [-0.3, -0.25) is 9.69 Å². The van der Waals surface area contributed by atoms with Crippen LogP contribution >= 0.6 is 0 Å². The molecule has 22 heavy (non-hydrogen) atoms. The molecule has 1 atom stereocenters. The predicted octanol–water partition coefficient (Wildman–Crippen LogP) is 0.765. The van der Waals surface area contributed by atoms with Crippen LogP contribution in [0.25, 0.3) is 0 Å². The van der Waals surface area contributed by atoms with Crippen molar-refractivity contribution in [1.82, 2.24) is 9.80 Å². The summed E-state index contributed by atoms with van der Waals surface area (Å²) in [6.45, 7) is 4.44. The van der Waals surface area contributed by atoms with Gasteiger partial charge in [-0.25, -0.2) is 4.79 Å². The molecule has 2 N–H and O–H groups in total. The highest BCUT2D eigenvalue weighted by Crippen LogP contribution is 2.27. The van der Waals surface area contributed by atoms with Crippen LogP contribution in [0, 0.1) is 5.92 Å². The van der Waals surface area contributed by atoms with Crippen LogP contribution < -0.4 is 0 Å². The molecule has 2 fully saturated rings. The van der Waals surface area contributed by atoms with Crippen molar-refractivity contribution in [3.05, 3.63) is 0 Å². The summed E-state index contributed by atoms with van der Waals surface area (Å²) in [6, 6.07) is -0.316. The number of hydrogen-bond acceptors (Lipinski definition) is 5. The second kappa shape index (κ2) is 7.78. The molecule has 2 aliphatic rings. The molecule has 2 saturated heterocycles. The van der Waals surface area contributed by atoms with Crippen molar-refractivity contribution in [2.24, 2.45) is 5.92 Å². The summed E-state index contributed by atoms with van der Waals surface area (Å²) in [5.41, 5.74) is 0. The zero-order chi connectivity index (χ0) is 16.1. The van der Waals surface area contributed by atoms with Crippen LogP contribution in [-0.4, -0.2) is 77.0 Å². The van der Waals surface area contributed by atoms with Crippen LogP contribution in [0.4, 0.5) is 4.79 Å². The lowest BCUT2D eigenvalue weighted by atomic mass is 9.87. The van der Waals surface area contributed by atoms with E-state index in [-0.39, 0.29) is 24.0 Å². The van der Waals surface area contributed by atoms with Crippen molar-refractivity contribution < 1.29 is 24.5 Å². The Hall–Kier alpha value is -1.34. The molecule has 7 nitrogen and oxygen atoms in total. The summed E-state index contributed by atoms with van der Waals surface area (Å²) in [4.78, 5) is 26.9. The SMILES string of the molecule is CCOC(=O)C(C1CCN(C(=O)O)CC1)N1CCC(O)CC1. The first kappa shape index (κ1) is 17.0. The fourth-order valence-corrected chi connectivity index (χ4v) is 3.44. The van der Waals surface area contributed by atoms with E-state index in [4.69, 9.17) is 9.84 Å². The first-order valence-electron chi connectivity index (χ1n) is 8.09. The topological polar surface area (TPSA) is 90.3 Å². The molecule has 0 bridgehead atoms. The summed E-state index contributed by atoms with van der Waals surface area (Å²) in [5, 5.41) is 18.7. The fraction of sp³-hybridized carbons (Fsp3) is 0.867. The van der Waals surface area contributed by atoms with E-state index in [1.54, 1.807) is 6.92 Å². The van der Waals surface area contributed by atoms with E-state index < -0.39 is 6.09 Å². The Morgan fingerprint density at radius 2 is 1.73 bits per heavy atom. The third-order valence-electron chi connectivity index (χ3n) is 4.68. The number of carbonyl (C=O) groups excluding carboxylic acids is 1. The van der Waals surface area contributed by atoms with Crippen molar-refractivity contribution in [1.29, 1.82) is 0 Å². The number of rotatable bonds is 4. The van der Waals surface area contributed by atoms with E-state index in [0.717, 1.165) is 0 Å². The molecule has 0 radical (unpaired) electrons. The van der Waals surface area contributed by atoms with Crippen molar-refractivity contribution in [3.8, 4) is 0 Å². The molecule has 2 aliphatic heterocycles. The van der Waals surface area contributed by atoms with Crippen molar-refractivity contribution in [2.75, 3.05) is 32.8 Å². The van der Waals surface area contributed by atoms with Crippen LogP contribution in [0.1, 0.15) is 32.6 Å². The molecular formula is C15H26N2O5. The molecule has 2 rings (SSSR count). The van der Waals surface area contributed by atoms with E-state index in [1.165, 1.54) is 4.90 Å². The highest BCUT2D eigenvalue weighted by atomic mass is 16.5. The second-order valence-electron chi connectivity index (χ2n) is 6.07. The average molecular weight is 314 g/mol. The van der Waals surface area contributed by atoms with Gasteiger partial charge in [0.05, 0.1) is 12.7 Å². The first-order valence-corrected chi connectivity index (χ1v) is 8.09. The molecule has 2 heterocycles. The molecule has 0 aliphatic carbocycles. The zero-order valence-electron chi connectivity index (χ0n) is 13.1. The van der Waals surface area contributed by atoms with Gasteiger partial charge in [-0.2, -0.15) is 0 Å². The fourth-order valence-electron chi connectivity index (χ4n) is 3.44. The minimum absolute atomic E-state index is 0.116. The van der Waals surface area contributed by atoms with Gasteiger partial charge in [-0.05, 0) is 38.5 Å². The lowest BCUT2D eigenvalue weighted by molar-refractivity contribution is -0.153. The number of amides is 1. The van der Waals surface area contributed by atoms with Crippen LogP contribution in [0.2, 0.25) is 0 Å². The molecular weight excluding hydrogens is 288 g/mol. The highest BCUT2D eigenvalue weighted by Gasteiger charge is 2.38. The zero-order valence-corrected chi connectivity index (χ0v) is 13.1. The third-order valence-corrected chi connectivity index (χ3v) is 4.68. The van der Waals surface area contributed by atoms with E-state index >= 15 is 0 Å². The number of hydrogen-bond donors (Lipinski definition) is 2. The average Bonchev–Trinajstić information content (AvgIpc) is 2.50. The standard InChI is InChI=1S/C15H26N2O5/c1-2-22-14(19)13(16-9-5-12(18)6-10-16)11-3-7-17(8-4-11)15(20)21/h11-13,18H,2-10H2,1H3,(H,20,21). The Balaban J connectivity index is 2.02. The van der Waals surface area contributed by atoms with Crippen LogP contribution in [0.15, 0.2) is 0 Å². The van der Waals surface area contributed by atoms with Gasteiger partial charge < -0.3 is 19.8 Å². The van der Waals surface area contributed by atoms with E-state index in [9.17, 15) is 14.7 Å². The third kappa shape index (κ3) is 4.10. The van der Waals surface area contributed by atoms with E-state index in [1.807, 2.05) is 0 Å². The monoisotopic (exact) mass is 314 g/mol. The molecule has 1 amide bonds. The van der Waals surface area contributed by atoms with Gasteiger partial charge >= 0.3 is 12.1 Å². The second-order valence-corrected chi connectivity index (χ2v) is 6.07. The Morgan fingerprint density at radius 3 is 2.23 bits per heavy atom. The number of piperidine rings is 2. The Bertz CT molecular complexity index is 387. The minimum Gasteiger partial charge on any atom is -0.465 e. The minimum atomic E-state index is -0.896. The van der Waals surface area contributed by atoms with Crippen molar-refractivity contribution in [3.63, 3.8) is 0 Å². The number of carbonyl (C=O) groups is 2. The molecule has 0 spiro atoms. The smallest absolute Gasteiger partial charge is 0.407 e. The van der Waals surface area contributed by atoms with Gasteiger partial charge in [0.15, 0.2) is 0 Å². The normalized spacial score (nSPS) is 23.3. The van der Waals surface area contributed by atoms with Crippen LogP contribution in [0.3, 0.4) is 0 Å². The maximum Gasteiger partial charge on any atom is 0.407 e. The van der Waals surface area contributed by atoms with Crippen molar-refractivity contribution in [2.45, 2.75) is 44.8 Å². The van der Waals surface area contributed by atoms with Gasteiger partial charge in [0.25, 0.3) is 0 Å². The maximum absolute atomic E-state index is 12.4. The summed E-state index contributed by atoms with van der Waals surface area (Å²) in [6.07, 6.45) is 1.51. The number of ether oxygens (including phenoxy) is 1. The predicted molar refractivity (Wildman–Crippen MR) is 79.6 cm³/mol. The molecule has 126 valence electrons. The molecule has 0 aromatic rings. The number of aliphatic hydroxyl groups excluding tert-OH is 1. The number of carboxylic acid groups (broad SMARTS) is 1. The van der Waals surface area contributed by atoms with Crippen LogP contribution in [-0.2, 0) is 9.53 Å². The van der Waals surface area contributed by atoms with Gasteiger partial charge in [0.2, 0.25) is 0 Å². The van der Waals surface area contributed by atoms with Gasteiger partial charge in [0.1, 0.15) is 6.04 Å². The van der Waals surface area contributed by atoms with Gasteiger partial charge in [-0.1, -0.05) is 0 Å². The highest BCUT2D eigenvalue weighted by molar-refractivity contribution is 5.76. The Kier molecular flexibility index (Phi) is 6.02. The summed E-state index contributed by atoms with van der Waals surface area (Å²) < 4.78 is 5.24. The Labute approximate surface area is 130 Å². The molecule has 0 saturated carbocycles. The number of aliphatic hydroxyl groups is 1. The van der Waals surface area contributed by atoms with E-state index in [0.29, 0.717) is 58.5 Å². The largest absolute Gasteiger partial charge is 0.465 e. The molecule has 7 heteroatoms. The number of likely N-dealkylation sites (tertiary alicyclic amines) is 2. The molecule has 0 aromatic heterocycles.